The number of hydrogen-bond donors (Lipinski definition) is 0. The number of carbonyl (C=O) groups is 4. The zero-order chi connectivity index (χ0) is 27.5. The molecule has 198 valence electrons. The van der Waals surface area contributed by atoms with Crippen molar-refractivity contribution in [3.8, 4) is 11.5 Å². The quantitative estimate of drug-likeness (QED) is 0.421. The zero-order valence-electron chi connectivity index (χ0n) is 21.3. The van der Waals surface area contributed by atoms with Crippen LogP contribution in [0.2, 0.25) is 0 Å². The van der Waals surface area contributed by atoms with E-state index in [1.807, 2.05) is 13.8 Å². The van der Waals surface area contributed by atoms with Crippen molar-refractivity contribution in [3.63, 3.8) is 0 Å². The molecule has 0 spiro atoms. The van der Waals surface area contributed by atoms with Crippen molar-refractivity contribution in [1.29, 1.82) is 0 Å². The van der Waals surface area contributed by atoms with Gasteiger partial charge in [-0.3, -0.25) is 19.4 Å². The van der Waals surface area contributed by atoms with Crippen molar-refractivity contribution in [2.45, 2.75) is 47.3 Å². The fraction of sp³-hybridized carbons (Fsp3) is 0.333. The summed E-state index contributed by atoms with van der Waals surface area (Å²) in [6.07, 6.45) is 0. The number of urea groups is 2. The SMILES string of the molecule is CCOc1c2c(c(OCC)c3c1SC(=C1C(=O)N(C)C(=O)N=C1C)S3)SC(=C1C(=O)N(C)C(=O)N=C1C)S2. The summed E-state index contributed by atoms with van der Waals surface area (Å²) in [7, 11) is 2.82. The Hall–Kier alpha value is -2.68. The normalized spacial score (nSPS) is 19.3. The fourth-order valence-corrected chi connectivity index (χ4v) is 9.80. The maximum atomic E-state index is 13.0. The lowest BCUT2D eigenvalue weighted by atomic mass is 10.1. The molecule has 5 rings (SSSR count). The van der Waals surface area contributed by atoms with Crippen LogP contribution in [0.15, 0.2) is 49.2 Å². The fourth-order valence-electron chi connectivity index (χ4n) is 3.99. The molecule has 38 heavy (non-hydrogen) atoms. The monoisotopic (exact) mass is 590 g/mol. The van der Waals surface area contributed by atoms with Crippen LogP contribution < -0.4 is 9.47 Å². The number of imide groups is 2. The molecule has 0 fully saturated rings. The van der Waals surface area contributed by atoms with Gasteiger partial charge in [-0.25, -0.2) is 9.59 Å². The van der Waals surface area contributed by atoms with Crippen LogP contribution in [-0.4, -0.2) is 72.4 Å². The summed E-state index contributed by atoms with van der Waals surface area (Å²) in [5.74, 6) is 0.445. The predicted molar refractivity (Wildman–Crippen MR) is 149 cm³/mol. The lowest BCUT2D eigenvalue weighted by Crippen LogP contribution is -2.38. The molecule has 14 heteroatoms. The average Bonchev–Trinajstić information content (AvgIpc) is 3.49. The van der Waals surface area contributed by atoms with Gasteiger partial charge in [-0.1, -0.05) is 47.0 Å². The Bertz CT molecular complexity index is 1330. The number of carbonyl (C=O) groups excluding carboxylic acids is 4. The Labute approximate surface area is 235 Å². The lowest BCUT2D eigenvalue weighted by molar-refractivity contribution is -0.123. The molecule has 0 saturated carbocycles. The highest BCUT2D eigenvalue weighted by Crippen LogP contribution is 2.68. The molecule has 0 bridgehead atoms. The van der Waals surface area contributed by atoms with Gasteiger partial charge in [0.05, 0.1) is 63.8 Å². The first kappa shape index (κ1) is 26.9. The van der Waals surface area contributed by atoms with E-state index in [9.17, 15) is 19.2 Å². The van der Waals surface area contributed by atoms with Crippen LogP contribution in [0, 0.1) is 0 Å². The topological polar surface area (TPSA) is 118 Å². The standard InChI is InChI=1S/C24H22N4O6S4/c1-7-33-13-15-17(37-21(35-15)11-9(3)25-23(31)27(5)19(11)29)14(34-8-2)18-16(13)36-22(38-18)12-10(4)26-24(32)28(6)20(12)30/h7-8H2,1-6H3. The van der Waals surface area contributed by atoms with E-state index in [1.54, 1.807) is 13.8 Å². The van der Waals surface area contributed by atoms with E-state index < -0.39 is 23.9 Å². The minimum atomic E-state index is -0.594. The van der Waals surface area contributed by atoms with Gasteiger partial charge >= 0.3 is 12.1 Å². The molecule has 0 radical (unpaired) electrons. The third-order valence-electron chi connectivity index (χ3n) is 5.86. The van der Waals surface area contributed by atoms with E-state index in [2.05, 4.69) is 9.98 Å². The van der Waals surface area contributed by atoms with Crippen LogP contribution in [-0.2, 0) is 9.59 Å². The largest absolute Gasteiger partial charge is 0.491 e. The summed E-state index contributed by atoms with van der Waals surface area (Å²) < 4.78 is 13.7. The van der Waals surface area contributed by atoms with Gasteiger partial charge in [0.1, 0.15) is 11.5 Å². The number of nitrogens with zero attached hydrogens (tertiary/aromatic N) is 4. The van der Waals surface area contributed by atoms with Crippen LogP contribution >= 0.6 is 47.0 Å². The summed E-state index contributed by atoms with van der Waals surface area (Å²) in [6, 6.07) is -1.19. The smallest absolute Gasteiger partial charge is 0.350 e. The Morgan fingerprint density at radius 1 is 0.632 bits per heavy atom. The Kier molecular flexibility index (Phi) is 7.18. The number of fused-ring (bicyclic) bond motifs is 2. The number of hydrogen-bond acceptors (Lipinski definition) is 10. The molecule has 4 aliphatic heterocycles. The highest BCUT2D eigenvalue weighted by atomic mass is 32.2. The molecule has 4 aliphatic rings. The van der Waals surface area contributed by atoms with E-state index in [-0.39, 0.29) is 0 Å². The maximum Gasteiger partial charge on any atom is 0.350 e. The predicted octanol–water partition coefficient (Wildman–Crippen LogP) is 5.41. The molecule has 0 aliphatic carbocycles. The van der Waals surface area contributed by atoms with E-state index >= 15 is 0 Å². The number of benzene rings is 1. The number of ether oxygens (including phenoxy) is 2. The molecule has 10 nitrogen and oxygen atoms in total. The minimum absolute atomic E-state index is 0.365. The van der Waals surface area contributed by atoms with Gasteiger partial charge in [-0.15, -0.1) is 0 Å². The molecule has 0 atom stereocenters. The zero-order valence-corrected chi connectivity index (χ0v) is 24.6. The van der Waals surface area contributed by atoms with E-state index in [0.29, 0.717) is 55.8 Å². The average molecular weight is 591 g/mol. The highest BCUT2D eigenvalue weighted by Gasteiger charge is 2.42. The number of rotatable bonds is 4. The first-order chi connectivity index (χ1) is 18.1. The Balaban J connectivity index is 1.68. The Morgan fingerprint density at radius 3 is 1.24 bits per heavy atom. The summed E-state index contributed by atoms with van der Waals surface area (Å²) in [5, 5.41) is 0. The number of amides is 6. The summed E-state index contributed by atoms with van der Waals surface area (Å²) >= 11 is 5.52. The van der Waals surface area contributed by atoms with Crippen LogP contribution in [0.25, 0.3) is 0 Å². The van der Waals surface area contributed by atoms with Crippen molar-refractivity contribution in [2.24, 2.45) is 9.98 Å². The van der Waals surface area contributed by atoms with Gasteiger partial charge in [0, 0.05) is 14.1 Å². The highest BCUT2D eigenvalue weighted by molar-refractivity contribution is 8.26. The Morgan fingerprint density at radius 2 is 0.947 bits per heavy atom. The molecule has 0 aromatic heterocycles. The van der Waals surface area contributed by atoms with Gasteiger partial charge < -0.3 is 9.47 Å². The second-order valence-corrected chi connectivity index (χ2v) is 12.9. The first-order valence-electron chi connectivity index (χ1n) is 11.5. The van der Waals surface area contributed by atoms with E-state index in [4.69, 9.17) is 9.47 Å². The molecule has 1 aromatic carbocycles. The second-order valence-electron chi connectivity index (χ2n) is 8.26. The van der Waals surface area contributed by atoms with Gasteiger partial charge in [0.25, 0.3) is 11.8 Å². The summed E-state index contributed by atoms with van der Waals surface area (Å²) in [4.78, 5) is 63.4. The van der Waals surface area contributed by atoms with Crippen LogP contribution in [0.1, 0.15) is 27.7 Å². The van der Waals surface area contributed by atoms with Crippen LogP contribution in [0.5, 0.6) is 11.5 Å². The van der Waals surface area contributed by atoms with Gasteiger partial charge in [-0.2, -0.15) is 9.98 Å². The van der Waals surface area contributed by atoms with Crippen molar-refractivity contribution >= 4 is 82.3 Å². The third kappa shape index (κ3) is 4.17. The van der Waals surface area contributed by atoms with Crippen LogP contribution in [0.4, 0.5) is 9.59 Å². The molecule has 4 heterocycles. The molecule has 0 saturated heterocycles. The number of thioether (sulfide) groups is 4. The molecular formula is C24H22N4O6S4. The summed E-state index contributed by atoms with van der Waals surface area (Å²) in [6.45, 7) is 7.87. The first-order valence-corrected chi connectivity index (χ1v) is 14.8. The second kappa shape index (κ2) is 10.1. The van der Waals surface area contributed by atoms with Crippen molar-refractivity contribution < 1.29 is 28.7 Å². The molecular weight excluding hydrogens is 569 g/mol. The molecule has 0 unspecified atom stereocenters. The van der Waals surface area contributed by atoms with Crippen LogP contribution in [0.3, 0.4) is 0 Å². The minimum Gasteiger partial charge on any atom is -0.491 e. The molecule has 0 N–H and O–H groups in total. The summed E-state index contributed by atoms with van der Waals surface area (Å²) in [5.41, 5.74) is 1.48. The van der Waals surface area contributed by atoms with Gasteiger partial charge in [-0.05, 0) is 27.7 Å². The third-order valence-corrected chi connectivity index (χ3v) is 11.1. The maximum absolute atomic E-state index is 13.0. The van der Waals surface area contributed by atoms with Crippen molar-refractivity contribution in [2.75, 3.05) is 27.3 Å². The number of aliphatic imine (C=N–C) groups is 2. The van der Waals surface area contributed by atoms with E-state index in [1.165, 1.54) is 61.1 Å². The lowest BCUT2D eigenvalue weighted by Gasteiger charge is -2.21. The van der Waals surface area contributed by atoms with Crippen molar-refractivity contribution in [3.05, 3.63) is 19.6 Å². The number of likely N-dealkylation sites (N-methyl/N-ethyl adjacent to an activating group) is 2. The van der Waals surface area contributed by atoms with Gasteiger partial charge in [0.2, 0.25) is 0 Å². The van der Waals surface area contributed by atoms with Crippen molar-refractivity contribution in [1.82, 2.24) is 9.80 Å². The molecule has 6 amide bonds. The molecule has 1 aromatic rings. The van der Waals surface area contributed by atoms with Gasteiger partial charge in [0.15, 0.2) is 0 Å². The van der Waals surface area contributed by atoms with E-state index in [0.717, 1.165) is 29.4 Å².